The van der Waals surface area contributed by atoms with Gasteiger partial charge in [-0.05, 0) is 13.0 Å². The standard InChI is InChI=1S/C12H15ClN2O/c1-9(6-14)7-15(2)12-10(8-16)4-3-5-11(12)13/h3-5,9,16H,7-8H2,1-2H3. The first-order valence-corrected chi connectivity index (χ1v) is 5.47. The largest absolute Gasteiger partial charge is 0.392 e. The van der Waals surface area contributed by atoms with Crippen LogP contribution in [0.4, 0.5) is 5.69 Å². The second-order valence-corrected chi connectivity index (χ2v) is 4.22. The van der Waals surface area contributed by atoms with Gasteiger partial charge in [0.25, 0.3) is 0 Å². The molecule has 0 bridgehead atoms. The molecule has 0 amide bonds. The van der Waals surface area contributed by atoms with E-state index in [1.54, 1.807) is 12.1 Å². The first-order valence-electron chi connectivity index (χ1n) is 5.09. The Bertz CT molecular complexity index is 400. The molecule has 1 rings (SSSR count). The van der Waals surface area contributed by atoms with Gasteiger partial charge < -0.3 is 10.0 Å². The Balaban J connectivity index is 2.98. The lowest BCUT2D eigenvalue weighted by Crippen LogP contribution is -2.24. The second-order valence-electron chi connectivity index (χ2n) is 3.82. The maximum atomic E-state index is 9.23. The van der Waals surface area contributed by atoms with Crippen LogP contribution >= 0.6 is 11.6 Å². The lowest BCUT2D eigenvalue weighted by atomic mass is 10.1. The summed E-state index contributed by atoms with van der Waals surface area (Å²) in [4.78, 5) is 1.90. The molecular weight excluding hydrogens is 224 g/mol. The number of anilines is 1. The van der Waals surface area contributed by atoms with Crippen molar-refractivity contribution in [2.24, 2.45) is 5.92 Å². The number of para-hydroxylation sites is 1. The summed E-state index contributed by atoms with van der Waals surface area (Å²) in [5.41, 5.74) is 1.58. The molecule has 3 nitrogen and oxygen atoms in total. The summed E-state index contributed by atoms with van der Waals surface area (Å²) < 4.78 is 0. The summed E-state index contributed by atoms with van der Waals surface area (Å²) in [5.74, 6) is -0.0761. The van der Waals surface area contributed by atoms with Gasteiger partial charge in [-0.1, -0.05) is 23.7 Å². The van der Waals surface area contributed by atoms with Gasteiger partial charge in [0.05, 0.1) is 29.3 Å². The zero-order chi connectivity index (χ0) is 12.1. The molecule has 0 fully saturated rings. The van der Waals surface area contributed by atoms with E-state index in [0.717, 1.165) is 11.3 Å². The molecular formula is C12H15ClN2O. The summed E-state index contributed by atoms with van der Waals surface area (Å²) >= 11 is 6.09. The van der Waals surface area contributed by atoms with Crippen LogP contribution in [0.1, 0.15) is 12.5 Å². The van der Waals surface area contributed by atoms with Crippen molar-refractivity contribution < 1.29 is 5.11 Å². The van der Waals surface area contributed by atoms with E-state index in [2.05, 4.69) is 6.07 Å². The van der Waals surface area contributed by atoms with Gasteiger partial charge in [0.2, 0.25) is 0 Å². The van der Waals surface area contributed by atoms with Crippen molar-refractivity contribution in [3.05, 3.63) is 28.8 Å². The Morgan fingerprint density at radius 3 is 2.81 bits per heavy atom. The predicted molar refractivity (Wildman–Crippen MR) is 65.4 cm³/mol. The van der Waals surface area contributed by atoms with E-state index in [0.29, 0.717) is 11.6 Å². The molecule has 1 N–H and O–H groups in total. The van der Waals surface area contributed by atoms with Crippen LogP contribution in [0.25, 0.3) is 0 Å². The molecule has 0 aliphatic carbocycles. The first-order chi connectivity index (χ1) is 7.60. The zero-order valence-electron chi connectivity index (χ0n) is 9.44. The summed E-state index contributed by atoms with van der Waals surface area (Å²) in [6.07, 6.45) is 0. The van der Waals surface area contributed by atoms with Crippen LogP contribution in [0.5, 0.6) is 0 Å². The molecule has 0 aliphatic rings. The van der Waals surface area contributed by atoms with Gasteiger partial charge in [-0.25, -0.2) is 0 Å². The molecule has 0 heterocycles. The number of aliphatic hydroxyl groups is 1. The molecule has 86 valence electrons. The SMILES string of the molecule is CC(C#N)CN(C)c1c(Cl)cccc1CO. The number of hydrogen-bond acceptors (Lipinski definition) is 3. The Morgan fingerprint density at radius 1 is 1.56 bits per heavy atom. The normalized spacial score (nSPS) is 11.9. The third-order valence-corrected chi connectivity index (χ3v) is 2.70. The van der Waals surface area contributed by atoms with Crippen molar-refractivity contribution >= 4 is 17.3 Å². The highest BCUT2D eigenvalue weighted by atomic mass is 35.5. The molecule has 0 saturated carbocycles. The van der Waals surface area contributed by atoms with E-state index in [-0.39, 0.29) is 12.5 Å². The van der Waals surface area contributed by atoms with Crippen molar-refractivity contribution in [2.45, 2.75) is 13.5 Å². The molecule has 16 heavy (non-hydrogen) atoms. The number of halogens is 1. The zero-order valence-corrected chi connectivity index (χ0v) is 10.2. The second kappa shape index (κ2) is 5.74. The summed E-state index contributed by atoms with van der Waals surface area (Å²) in [6.45, 7) is 2.39. The van der Waals surface area contributed by atoms with Gasteiger partial charge in [-0.15, -0.1) is 0 Å². The number of hydrogen-bond donors (Lipinski definition) is 1. The van der Waals surface area contributed by atoms with Gasteiger partial charge in [0.1, 0.15) is 0 Å². The molecule has 1 atom stereocenters. The lowest BCUT2D eigenvalue weighted by Gasteiger charge is -2.24. The van der Waals surface area contributed by atoms with Gasteiger partial charge >= 0.3 is 0 Å². The van der Waals surface area contributed by atoms with E-state index >= 15 is 0 Å². The van der Waals surface area contributed by atoms with E-state index in [1.165, 1.54) is 0 Å². The van der Waals surface area contributed by atoms with Crippen LogP contribution in [-0.4, -0.2) is 18.7 Å². The highest BCUT2D eigenvalue weighted by molar-refractivity contribution is 6.33. The Kier molecular flexibility index (Phi) is 4.60. The topological polar surface area (TPSA) is 47.3 Å². The number of rotatable bonds is 4. The lowest BCUT2D eigenvalue weighted by molar-refractivity contribution is 0.282. The van der Waals surface area contributed by atoms with E-state index in [1.807, 2.05) is 24.9 Å². The molecule has 1 aromatic rings. The molecule has 1 aromatic carbocycles. The minimum absolute atomic E-state index is 0.0544. The van der Waals surface area contributed by atoms with Crippen molar-refractivity contribution in [1.82, 2.24) is 0 Å². The van der Waals surface area contributed by atoms with Crippen LogP contribution < -0.4 is 4.90 Å². The van der Waals surface area contributed by atoms with Crippen LogP contribution in [0.3, 0.4) is 0 Å². The molecule has 4 heteroatoms. The smallest absolute Gasteiger partial charge is 0.0702 e. The van der Waals surface area contributed by atoms with Crippen LogP contribution in [0, 0.1) is 17.2 Å². The summed E-state index contributed by atoms with van der Waals surface area (Å²) in [7, 11) is 1.87. The molecule has 0 aliphatic heterocycles. The van der Waals surface area contributed by atoms with E-state index in [9.17, 15) is 5.11 Å². The third kappa shape index (κ3) is 2.88. The number of nitriles is 1. The van der Waals surface area contributed by atoms with Gasteiger partial charge in [-0.3, -0.25) is 0 Å². The maximum absolute atomic E-state index is 9.23. The summed E-state index contributed by atoms with van der Waals surface area (Å²) in [6, 6.07) is 7.59. The molecule has 0 saturated heterocycles. The third-order valence-electron chi connectivity index (χ3n) is 2.39. The quantitative estimate of drug-likeness (QED) is 0.877. The van der Waals surface area contributed by atoms with Gasteiger partial charge in [0.15, 0.2) is 0 Å². The van der Waals surface area contributed by atoms with Crippen LogP contribution in [0.15, 0.2) is 18.2 Å². The van der Waals surface area contributed by atoms with Crippen molar-refractivity contribution in [1.29, 1.82) is 5.26 Å². The number of aliphatic hydroxyl groups excluding tert-OH is 1. The Labute approximate surface area is 101 Å². The fourth-order valence-corrected chi connectivity index (χ4v) is 2.00. The number of nitrogens with zero attached hydrogens (tertiary/aromatic N) is 2. The molecule has 0 spiro atoms. The highest BCUT2D eigenvalue weighted by Crippen LogP contribution is 2.29. The average molecular weight is 239 g/mol. The molecule has 0 radical (unpaired) electrons. The minimum atomic E-state index is -0.0761. The van der Waals surface area contributed by atoms with Crippen molar-refractivity contribution in [2.75, 3.05) is 18.5 Å². The van der Waals surface area contributed by atoms with E-state index < -0.39 is 0 Å². The highest BCUT2D eigenvalue weighted by Gasteiger charge is 2.13. The maximum Gasteiger partial charge on any atom is 0.0702 e. The average Bonchev–Trinajstić information content (AvgIpc) is 2.28. The molecule has 0 aromatic heterocycles. The van der Waals surface area contributed by atoms with Crippen molar-refractivity contribution in [3.63, 3.8) is 0 Å². The molecule has 1 unspecified atom stereocenters. The van der Waals surface area contributed by atoms with Crippen molar-refractivity contribution in [3.8, 4) is 6.07 Å². The van der Waals surface area contributed by atoms with E-state index in [4.69, 9.17) is 16.9 Å². The Morgan fingerprint density at radius 2 is 2.25 bits per heavy atom. The summed E-state index contributed by atoms with van der Waals surface area (Å²) in [5, 5.41) is 18.6. The fourth-order valence-electron chi connectivity index (χ4n) is 1.66. The van der Waals surface area contributed by atoms with Crippen LogP contribution in [-0.2, 0) is 6.61 Å². The predicted octanol–water partition coefficient (Wildman–Crippen LogP) is 2.43. The monoisotopic (exact) mass is 238 g/mol. The van der Waals surface area contributed by atoms with Gasteiger partial charge in [0, 0.05) is 19.2 Å². The first kappa shape index (κ1) is 12.8. The van der Waals surface area contributed by atoms with Crippen LogP contribution in [0.2, 0.25) is 5.02 Å². The van der Waals surface area contributed by atoms with Gasteiger partial charge in [-0.2, -0.15) is 5.26 Å². The number of benzene rings is 1. The minimum Gasteiger partial charge on any atom is -0.392 e. The Hall–Kier alpha value is -1.24. The fraction of sp³-hybridized carbons (Fsp3) is 0.417.